The van der Waals surface area contributed by atoms with Gasteiger partial charge in [0.25, 0.3) is 0 Å². The van der Waals surface area contributed by atoms with Crippen molar-refractivity contribution in [3.8, 4) is 0 Å². The summed E-state index contributed by atoms with van der Waals surface area (Å²) in [6.45, 7) is 2.04. The maximum absolute atomic E-state index is 6.30. The van der Waals surface area contributed by atoms with Crippen LogP contribution in [0, 0.1) is 6.92 Å². The van der Waals surface area contributed by atoms with E-state index in [1.807, 2.05) is 13.0 Å². The highest BCUT2D eigenvalue weighted by atomic mass is 16.3. The first-order valence-electron chi connectivity index (χ1n) is 6.67. The number of rotatable bonds is 2. The van der Waals surface area contributed by atoms with Gasteiger partial charge in [0, 0.05) is 0 Å². The third-order valence-corrected chi connectivity index (χ3v) is 3.92. The molecule has 0 radical (unpaired) electrons. The molecule has 1 heterocycles. The zero-order valence-corrected chi connectivity index (χ0v) is 10.8. The average molecular weight is 241 g/mol. The van der Waals surface area contributed by atoms with Gasteiger partial charge in [-0.1, -0.05) is 18.2 Å². The molecule has 1 aliphatic carbocycles. The molecule has 2 N–H and O–H groups in total. The van der Waals surface area contributed by atoms with Crippen LogP contribution in [0.5, 0.6) is 0 Å². The Bertz CT molecular complexity index is 556. The fourth-order valence-electron chi connectivity index (χ4n) is 2.80. The van der Waals surface area contributed by atoms with Crippen LogP contribution in [0.1, 0.15) is 46.9 Å². The second-order valence-corrected chi connectivity index (χ2v) is 5.18. The van der Waals surface area contributed by atoms with E-state index < -0.39 is 0 Å². The topological polar surface area (TPSA) is 39.2 Å². The molecule has 3 rings (SSSR count). The van der Waals surface area contributed by atoms with E-state index in [2.05, 4.69) is 18.2 Å². The average Bonchev–Trinajstić information content (AvgIpc) is 2.83. The minimum atomic E-state index is -0.146. The third kappa shape index (κ3) is 1.97. The second kappa shape index (κ2) is 4.62. The van der Waals surface area contributed by atoms with E-state index in [1.54, 1.807) is 6.26 Å². The molecule has 1 aliphatic rings. The maximum atomic E-state index is 6.30. The van der Waals surface area contributed by atoms with Gasteiger partial charge in [-0.3, -0.25) is 0 Å². The van der Waals surface area contributed by atoms with Crippen molar-refractivity contribution in [2.75, 3.05) is 0 Å². The van der Waals surface area contributed by atoms with E-state index in [9.17, 15) is 0 Å². The fraction of sp³-hybridized carbons (Fsp3) is 0.375. The predicted molar refractivity (Wildman–Crippen MR) is 72.6 cm³/mol. The number of hydrogen-bond acceptors (Lipinski definition) is 2. The van der Waals surface area contributed by atoms with Gasteiger partial charge >= 0.3 is 0 Å². The Balaban J connectivity index is 1.95. The Hall–Kier alpha value is -1.54. The van der Waals surface area contributed by atoms with E-state index in [-0.39, 0.29) is 6.04 Å². The van der Waals surface area contributed by atoms with Crippen LogP contribution in [-0.4, -0.2) is 0 Å². The molecule has 0 saturated carbocycles. The molecule has 0 bridgehead atoms. The molecule has 1 aromatic carbocycles. The molecule has 0 saturated heterocycles. The second-order valence-electron chi connectivity index (χ2n) is 5.18. The Morgan fingerprint density at radius 2 is 1.89 bits per heavy atom. The van der Waals surface area contributed by atoms with Gasteiger partial charge in [-0.25, -0.2) is 0 Å². The van der Waals surface area contributed by atoms with Crippen molar-refractivity contribution >= 4 is 0 Å². The van der Waals surface area contributed by atoms with E-state index in [0.29, 0.717) is 0 Å². The molecule has 0 fully saturated rings. The summed E-state index contributed by atoms with van der Waals surface area (Å²) in [5.74, 6) is 0.880. The lowest BCUT2D eigenvalue weighted by molar-refractivity contribution is 0.486. The van der Waals surface area contributed by atoms with Crippen LogP contribution in [0.15, 0.2) is 34.9 Å². The van der Waals surface area contributed by atoms with Crippen molar-refractivity contribution in [3.63, 3.8) is 0 Å². The van der Waals surface area contributed by atoms with Crippen molar-refractivity contribution in [3.05, 3.63) is 58.5 Å². The first-order chi connectivity index (χ1) is 8.75. The summed E-state index contributed by atoms with van der Waals surface area (Å²) in [7, 11) is 0. The van der Waals surface area contributed by atoms with Crippen LogP contribution in [0.2, 0.25) is 0 Å². The summed E-state index contributed by atoms with van der Waals surface area (Å²) in [4.78, 5) is 0. The third-order valence-electron chi connectivity index (χ3n) is 3.92. The van der Waals surface area contributed by atoms with Crippen molar-refractivity contribution in [1.29, 1.82) is 0 Å². The molecule has 1 aromatic heterocycles. The molecule has 18 heavy (non-hydrogen) atoms. The Morgan fingerprint density at radius 1 is 1.11 bits per heavy atom. The fourth-order valence-corrected chi connectivity index (χ4v) is 2.80. The lowest BCUT2D eigenvalue weighted by Gasteiger charge is -2.18. The van der Waals surface area contributed by atoms with Crippen LogP contribution in [0.4, 0.5) is 0 Å². The lowest BCUT2D eigenvalue weighted by atomic mass is 9.88. The van der Waals surface area contributed by atoms with E-state index in [4.69, 9.17) is 10.2 Å². The summed E-state index contributed by atoms with van der Waals surface area (Å²) in [6.07, 6.45) is 6.72. The molecule has 0 amide bonds. The standard InChI is InChI=1S/C16H19NO/c1-11-8-9-18-16(11)15(17)14-7-6-12-4-2-3-5-13(12)10-14/h6-10,15H,2-5,17H2,1H3. The van der Waals surface area contributed by atoms with Crippen LogP contribution in [-0.2, 0) is 12.8 Å². The monoisotopic (exact) mass is 241 g/mol. The van der Waals surface area contributed by atoms with Crippen molar-refractivity contribution in [1.82, 2.24) is 0 Å². The molecule has 1 unspecified atom stereocenters. The van der Waals surface area contributed by atoms with Gasteiger partial charge in [0.15, 0.2) is 0 Å². The number of aryl methyl sites for hydroxylation is 3. The largest absolute Gasteiger partial charge is 0.467 e. The normalized spacial score (nSPS) is 16.3. The first kappa shape index (κ1) is 11.5. The van der Waals surface area contributed by atoms with E-state index in [1.165, 1.54) is 36.8 Å². The van der Waals surface area contributed by atoms with Crippen LogP contribution in [0.25, 0.3) is 0 Å². The molecule has 2 aromatic rings. The lowest BCUT2D eigenvalue weighted by Crippen LogP contribution is -2.13. The van der Waals surface area contributed by atoms with Gasteiger partial charge in [-0.05, 0) is 60.9 Å². The smallest absolute Gasteiger partial charge is 0.127 e. The van der Waals surface area contributed by atoms with Crippen LogP contribution >= 0.6 is 0 Å². The molecule has 94 valence electrons. The van der Waals surface area contributed by atoms with Crippen LogP contribution < -0.4 is 5.73 Å². The number of nitrogens with two attached hydrogens (primary N) is 1. The highest BCUT2D eigenvalue weighted by Gasteiger charge is 2.17. The zero-order chi connectivity index (χ0) is 12.5. The quantitative estimate of drug-likeness (QED) is 0.873. The summed E-state index contributed by atoms with van der Waals surface area (Å²) in [6, 6.07) is 8.47. The summed E-state index contributed by atoms with van der Waals surface area (Å²) >= 11 is 0. The van der Waals surface area contributed by atoms with Gasteiger partial charge in [0.2, 0.25) is 0 Å². The number of benzene rings is 1. The Kier molecular flexibility index (Phi) is 2.96. The number of fused-ring (bicyclic) bond motifs is 1. The Morgan fingerprint density at radius 3 is 2.61 bits per heavy atom. The van der Waals surface area contributed by atoms with Gasteiger partial charge in [0.05, 0.1) is 12.3 Å². The maximum Gasteiger partial charge on any atom is 0.127 e. The number of furan rings is 1. The Labute approximate surface area is 108 Å². The summed E-state index contributed by atoms with van der Waals surface area (Å²) in [5.41, 5.74) is 11.6. The first-order valence-corrected chi connectivity index (χ1v) is 6.67. The van der Waals surface area contributed by atoms with Crippen molar-refractivity contribution < 1.29 is 4.42 Å². The summed E-state index contributed by atoms with van der Waals surface area (Å²) < 4.78 is 5.50. The van der Waals surface area contributed by atoms with Gasteiger partial charge in [-0.2, -0.15) is 0 Å². The molecule has 2 nitrogen and oxygen atoms in total. The molecule has 0 spiro atoms. The van der Waals surface area contributed by atoms with E-state index in [0.717, 1.165) is 16.9 Å². The molecule has 2 heteroatoms. The summed E-state index contributed by atoms with van der Waals surface area (Å²) in [5, 5.41) is 0. The zero-order valence-electron chi connectivity index (χ0n) is 10.8. The molecular formula is C16H19NO. The van der Waals surface area contributed by atoms with Crippen molar-refractivity contribution in [2.24, 2.45) is 5.73 Å². The van der Waals surface area contributed by atoms with Gasteiger partial charge in [-0.15, -0.1) is 0 Å². The molecule has 0 aliphatic heterocycles. The molecule has 1 atom stereocenters. The minimum Gasteiger partial charge on any atom is -0.467 e. The highest BCUT2D eigenvalue weighted by molar-refractivity contribution is 5.38. The van der Waals surface area contributed by atoms with Gasteiger partial charge < -0.3 is 10.2 Å². The SMILES string of the molecule is Cc1ccoc1C(N)c1ccc2c(c1)CCCC2. The van der Waals surface area contributed by atoms with Crippen LogP contribution in [0.3, 0.4) is 0 Å². The van der Waals surface area contributed by atoms with Crippen molar-refractivity contribution in [2.45, 2.75) is 38.6 Å². The number of hydrogen-bond donors (Lipinski definition) is 1. The molecular weight excluding hydrogens is 222 g/mol. The van der Waals surface area contributed by atoms with Gasteiger partial charge in [0.1, 0.15) is 5.76 Å². The minimum absolute atomic E-state index is 0.146. The highest BCUT2D eigenvalue weighted by Crippen LogP contribution is 2.28. The van der Waals surface area contributed by atoms with E-state index >= 15 is 0 Å². The predicted octanol–water partition coefficient (Wildman–Crippen LogP) is 3.51.